The molecular weight excluding hydrogens is 382 g/mol. The molecule has 0 bridgehead atoms. The molecule has 0 amide bonds. The number of nitrogens with one attached hydrogen (secondary N) is 1. The van der Waals surface area contributed by atoms with Crippen LogP contribution in [-0.4, -0.2) is 54.8 Å². The van der Waals surface area contributed by atoms with Crippen LogP contribution in [0.25, 0.3) is 10.9 Å². The van der Waals surface area contributed by atoms with Gasteiger partial charge in [0.15, 0.2) is 5.75 Å². The Bertz CT molecular complexity index is 1080. The van der Waals surface area contributed by atoms with Crippen LogP contribution in [0.4, 0.5) is 5.69 Å². The van der Waals surface area contributed by atoms with Crippen LogP contribution in [-0.2, 0) is 0 Å². The summed E-state index contributed by atoms with van der Waals surface area (Å²) in [6.45, 7) is 3.63. The fraction of sp³-hybridized carbons (Fsp3) is 0.591. The molecule has 2 aliphatic rings. The standard InChI is InChI=1S/C22H29N5O3/c1-25(11-3-10-23)12-8-15-9-13-26(14-15)18-7-6-17-19(20(18)30-2)27(16-4-5-16)22(29)24-21(17)28/h6-7,15-16H,3-5,8-9,11-14H2,1-2H3,(H,24,28,29). The van der Waals surface area contributed by atoms with Gasteiger partial charge in [-0.25, -0.2) is 4.79 Å². The van der Waals surface area contributed by atoms with Gasteiger partial charge >= 0.3 is 5.69 Å². The molecule has 0 radical (unpaired) electrons. The molecule has 4 rings (SSSR count). The molecule has 160 valence electrons. The lowest BCUT2D eigenvalue weighted by Crippen LogP contribution is -2.30. The number of anilines is 1. The molecule has 0 spiro atoms. The molecule has 1 saturated carbocycles. The zero-order valence-corrected chi connectivity index (χ0v) is 17.7. The summed E-state index contributed by atoms with van der Waals surface area (Å²) in [5, 5.41) is 9.23. The zero-order chi connectivity index (χ0) is 21.3. The molecule has 2 aromatic rings. The molecule has 1 N–H and O–H groups in total. The smallest absolute Gasteiger partial charge is 0.329 e. The van der Waals surface area contributed by atoms with Crippen LogP contribution >= 0.6 is 0 Å². The summed E-state index contributed by atoms with van der Waals surface area (Å²) in [4.78, 5) is 31.9. The third kappa shape index (κ3) is 3.94. The lowest BCUT2D eigenvalue weighted by Gasteiger charge is -2.24. The number of hydrogen-bond acceptors (Lipinski definition) is 6. The normalized spacial score (nSPS) is 18.9. The van der Waals surface area contributed by atoms with E-state index in [9.17, 15) is 9.59 Å². The Balaban J connectivity index is 1.59. The summed E-state index contributed by atoms with van der Waals surface area (Å²) in [7, 11) is 3.67. The third-order valence-corrected chi connectivity index (χ3v) is 6.30. The Morgan fingerprint density at radius 2 is 2.07 bits per heavy atom. The first-order valence-electron chi connectivity index (χ1n) is 10.7. The van der Waals surface area contributed by atoms with E-state index in [0.717, 1.165) is 57.5 Å². The Kier molecular flexibility index (Phi) is 5.82. The van der Waals surface area contributed by atoms with E-state index in [0.29, 0.717) is 29.0 Å². The number of aromatic nitrogens is 2. The fourth-order valence-electron chi connectivity index (χ4n) is 4.48. The first-order chi connectivity index (χ1) is 14.5. The van der Waals surface area contributed by atoms with E-state index >= 15 is 0 Å². The van der Waals surface area contributed by atoms with Gasteiger partial charge < -0.3 is 14.5 Å². The zero-order valence-electron chi connectivity index (χ0n) is 17.7. The number of rotatable bonds is 8. The molecule has 1 aliphatic heterocycles. The topological polar surface area (TPSA) is 94.4 Å². The highest BCUT2D eigenvalue weighted by Crippen LogP contribution is 2.42. The first-order valence-corrected chi connectivity index (χ1v) is 10.7. The molecule has 2 heterocycles. The number of fused-ring (bicyclic) bond motifs is 1. The molecule has 30 heavy (non-hydrogen) atoms. The van der Waals surface area contributed by atoms with Crippen LogP contribution in [0.15, 0.2) is 21.7 Å². The van der Waals surface area contributed by atoms with Crippen molar-refractivity contribution in [2.24, 2.45) is 5.92 Å². The lowest BCUT2D eigenvalue weighted by atomic mass is 10.0. The monoisotopic (exact) mass is 411 g/mol. The van der Waals surface area contributed by atoms with Crippen LogP contribution < -0.4 is 20.9 Å². The molecule has 8 nitrogen and oxygen atoms in total. The van der Waals surface area contributed by atoms with Gasteiger partial charge in [-0.15, -0.1) is 0 Å². The van der Waals surface area contributed by atoms with E-state index in [4.69, 9.17) is 10.00 Å². The number of hydrogen-bond donors (Lipinski definition) is 1. The highest BCUT2D eigenvalue weighted by atomic mass is 16.5. The molecular formula is C22H29N5O3. The second-order valence-electron chi connectivity index (χ2n) is 8.48. The van der Waals surface area contributed by atoms with E-state index in [2.05, 4.69) is 27.9 Å². The maximum absolute atomic E-state index is 12.5. The summed E-state index contributed by atoms with van der Waals surface area (Å²) < 4.78 is 7.49. The third-order valence-electron chi connectivity index (χ3n) is 6.30. The minimum atomic E-state index is -0.364. The van der Waals surface area contributed by atoms with E-state index in [1.54, 1.807) is 11.7 Å². The summed E-state index contributed by atoms with van der Waals surface area (Å²) in [6.07, 6.45) is 4.63. The van der Waals surface area contributed by atoms with Gasteiger partial charge in [-0.2, -0.15) is 5.26 Å². The highest BCUT2D eigenvalue weighted by molar-refractivity contribution is 5.90. The van der Waals surface area contributed by atoms with Gasteiger partial charge in [0.05, 0.1) is 24.3 Å². The van der Waals surface area contributed by atoms with Crippen molar-refractivity contribution in [1.82, 2.24) is 14.5 Å². The van der Waals surface area contributed by atoms with Gasteiger partial charge in [0.1, 0.15) is 5.52 Å². The molecule has 8 heteroatoms. The lowest BCUT2D eigenvalue weighted by molar-refractivity contribution is 0.312. The second-order valence-corrected chi connectivity index (χ2v) is 8.48. The van der Waals surface area contributed by atoms with E-state index in [-0.39, 0.29) is 17.3 Å². The molecule has 1 saturated heterocycles. The average Bonchev–Trinajstić information content (AvgIpc) is 3.46. The van der Waals surface area contributed by atoms with Gasteiger partial charge in [-0.05, 0) is 57.3 Å². The van der Waals surface area contributed by atoms with Gasteiger partial charge in [0.25, 0.3) is 5.56 Å². The van der Waals surface area contributed by atoms with E-state index in [1.165, 1.54) is 0 Å². The van der Waals surface area contributed by atoms with E-state index in [1.807, 2.05) is 12.1 Å². The summed E-state index contributed by atoms with van der Waals surface area (Å²) in [5.41, 5.74) is 0.845. The minimum Gasteiger partial charge on any atom is -0.492 e. The molecule has 1 aliphatic carbocycles. The highest BCUT2D eigenvalue weighted by Gasteiger charge is 2.31. The van der Waals surface area contributed by atoms with Crippen molar-refractivity contribution in [1.29, 1.82) is 5.26 Å². The van der Waals surface area contributed by atoms with E-state index < -0.39 is 0 Å². The van der Waals surface area contributed by atoms with Crippen molar-refractivity contribution in [2.75, 3.05) is 45.2 Å². The quantitative estimate of drug-likeness (QED) is 0.715. The van der Waals surface area contributed by atoms with Crippen molar-refractivity contribution in [2.45, 2.75) is 38.1 Å². The molecule has 2 fully saturated rings. The van der Waals surface area contributed by atoms with Gasteiger partial charge in [-0.1, -0.05) is 0 Å². The SMILES string of the molecule is COc1c(N2CCC(CCN(C)CCC#N)C2)ccc2c(=O)[nH]c(=O)n(C3CC3)c12. The largest absolute Gasteiger partial charge is 0.492 e. The van der Waals surface area contributed by atoms with Crippen LogP contribution in [0.3, 0.4) is 0 Å². The molecule has 1 unspecified atom stereocenters. The summed E-state index contributed by atoms with van der Waals surface area (Å²) >= 11 is 0. The van der Waals surface area contributed by atoms with Crippen LogP contribution in [0.1, 0.15) is 38.1 Å². The van der Waals surface area contributed by atoms with Crippen LogP contribution in [0.2, 0.25) is 0 Å². The van der Waals surface area contributed by atoms with Crippen molar-refractivity contribution in [3.05, 3.63) is 33.0 Å². The van der Waals surface area contributed by atoms with Crippen molar-refractivity contribution in [3.8, 4) is 11.8 Å². The Morgan fingerprint density at radius 1 is 1.27 bits per heavy atom. The number of ether oxygens (including phenoxy) is 1. The maximum Gasteiger partial charge on any atom is 0.329 e. The Labute approximate surface area is 175 Å². The number of methoxy groups -OCH3 is 1. The fourth-order valence-corrected chi connectivity index (χ4v) is 4.48. The predicted octanol–water partition coefficient (Wildman–Crippen LogP) is 2.10. The minimum absolute atomic E-state index is 0.135. The van der Waals surface area contributed by atoms with Crippen LogP contribution in [0.5, 0.6) is 5.75 Å². The maximum atomic E-state index is 12.5. The number of H-pyrrole nitrogens is 1. The molecule has 1 atom stereocenters. The van der Waals surface area contributed by atoms with Crippen molar-refractivity contribution < 1.29 is 4.74 Å². The molecule has 1 aromatic carbocycles. The van der Waals surface area contributed by atoms with Gasteiger partial charge in [-0.3, -0.25) is 14.3 Å². The average molecular weight is 412 g/mol. The molecule has 1 aromatic heterocycles. The summed E-state index contributed by atoms with van der Waals surface area (Å²) in [5.74, 6) is 1.19. The number of benzene rings is 1. The second kappa shape index (κ2) is 8.52. The number of nitrogens with zero attached hydrogens (tertiary/aromatic N) is 4. The van der Waals surface area contributed by atoms with Gasteiger partial charge in [0.2, 0.25) is 0 Å². The number of nitriles is 1. The first kappa shape index (κ1) is 20.5. The Hall–Kier alpha value is -2.79. The predicted molar refractivity (Wildman–Crippen MR) is 116 cm³/mol. The van der Waals surface area contributed by atoms with Crippen molar-refractivity contribution in [3.63, 3.8) is 0 Å². The Morgan fingerprint density at radius 3 is 2.77 bits per heavy atom. The summed E-state index contributed by atoms with van der Waals surface area (Å²) in [6, 6.07) is 6.09. The van der Waals surface area contributed by atoms with Gasteiger partial charge in [0, 0.05) is 32.1 Å². The number of aromatic amines is 1. The van der Waals surface area contributed by atoms with Crippen LogP contribution in [0, 0.1) is 17.2 Å². The van der Waals surface area contributed by atoms with Crippen molar-refractivity contribution >= 4 is 16.6 Å².